The number of rotatable bonds is 4. The molecule has 6 atom stereocenters. The van der Waals surface area contributed by atoms with Crippen LogP contribution < -0.4 is 74.6 Å². The molecule has 1 aliphatic heterocycles. The molecule has 0 aliphatic carbocycles. The number of ether oxygens (including phenoxy) is 1. The maximum absolute atomic E-state index is 10.4. The molecule has 0 bridgehead atoms. The van der Waals surface area contributed by atoms with Gasteiger partial charge in [-0.1, -0.05) is 0 Å². The van der Waals surface area contributed by atoms with E-state index in [0.29, 0.717) is 0 Å². The quantitative estimate of drug-likeness (QED) is 0.244. The molecule has 1 saturated heterocycles. The molecule has 0 spiro atoms. The van der Waals surface area contributed by atoms with Crippen LogP contribution in [0.5, 0.6) is 0 Å². The first-order valence-corrected chi connectivity index (χ1v) is 6.41. The summed E-state index contributed by atoms with van der Waals surface area (Å²) in [5, 5.41) is 37.7. The van der Waals surface area contributed by atoms with Crippen molar-refractivity contribution in [3.8, 4) is 0 Å². The predicted molar refractivity (Wildman–Crippen MR) is 50.4 cm³/mol. The van der Waals surface area contributed by atoms with Gasteiger partial charge in [0.15, 0.2) is 6.29 Å². The van der Waals surface area contributed by atoms with Gasteiger partial charge >= 0.3 is 59.1 Å². The largest absolute Gasteiger partial charge is 1.00 e. The van der Waals surface area contributed by atoms with E-state index in [-0.39, 0.29) is 65.7 Å². The van der Waals surface area contributed by atoms with Crippen molar-refractivity contribution in [3.05, 3.63) is 0 Å². The molecule has 108 valence electrons. The average Bonchev–Trinajstić information content (AvgIpc) is 2.27. The van der Waals surface area contributed by atoms with Gasteiger partial charge in [0.25, 0.3) is 0 Å². The molecule has 10 nitrogen and oxygen atoms in total. The van der Waals surface area contributed by atoms with E-state index in [1.54, 1.807) is 0 Å². The van der Waals surface area contributed by atoms with Crippen LogP contribution in [0.2, 0.25) is 0 Å². The zero-order valence-corrected chi connectivity index (χ0v) is 15.9. The summed E-state index contributed by atoms with van der Waals surface area (Å²) < 4.78 is 19.0. The minimum atomic E-state index is -5.47. The normalized spacial score (nSPS) is 35.6. The molecule has 0 aromatic carbocycles. The molecular weight excluding hydrogens is 319 g/mol. The van der Waals surface area contributed by atoms with Crippen LogP contribution in [0.25, 0.3) is 0 Å². The Balaban J connectivity index is 0. The van der Waals surface area contributed by atoms with Gasteiger partial charge in [0.1, 0.15) is 24.4 Å². The van der Waals surface area contributed by atoms with Gasteiger partial charge in [-0.3, -0.25) is 0 Å². The van der Waals surface area contributed by atoms with E-state index >= 15 is 0 Å². The minimum Gasteiger partial charge on any atom is -0.790 e. The smallest absolute Gasteiger partial charge is 0.790 e. The summed E-state index contributed by atoms with van der Waals surface area (Å²) in [5.74, 6) is 0. The van der Waals surface area contributed by atoms with Crippen LogP contribution in [0.15, 0.2) is 0 Å². The van der Waals surface area contributed by atoms with Gasteiger partial charge in [0.05, 0.1) is 13.9 Å². The molecule has 1 aliphatic rings. The number of phosphoric acid groups is 1. The summed E-state index contributed by atoms with van der Waals surface area (Å²) in [6.07, 6.45) is -10.5. The molecule has 0 radical (unpaired) electrons. The maximum Gasteiger partial charge on any atom is 1.00 e. The molecule has 1 rings (SSSR count). The van der Waals surface area contributed by atoms with E-state index in [1.165, 1.54) is 0 Å². The molecule has 20 heavy (non-hydrogen) atoms. The van der Waals surface area contributed by atoms with E-state index in [1.807, 2.05) is 0 Å². The summed E-state index contributed by atoms with van der Waals surface area (Å²) in [6.45, 7) is -0.357. The Bertz CT molecular complexity index is 331. The topological polar surface area (TPSA) is 189 Å². The number of aliphatic hydroxyl groups excluding tert-OH is 4. The second kappa shape index (κ2) is 9.89. The number of hydrogen-bond donors (Lipinski definition) is 5. The minimum absolute atomic E-state index is 0. The van der Waals surface area contributed by atoms with Crippen LogP contribution in [0.3, 0.4) is 0 Å². The molecule has 0 aromatic heterocycles. The van der Waals surface area contributed by atoms with Gasteiger partial charge in [-0.25, -0.2) is 0 Å². The van der Waals surface area contributed by atoms with Crippen LogP contribution in [0.4, 0.5) is 0 Å². The first kappa shape index (κ1) is 24.1. The fraction of sp³-hybridized carbons (Fsp3) is 1.00. The molecular formula is C7H14NNa2O9P. The average molecular weight is 333 g/mol. The predicted octanol–water partition coefficient (Wildman–Crippen LogP) is -11.0. The van der Waals surface area contributed by atoms with Gasteiger partial charge in [0, 0.05) is 6.54 Å². The van der Waals surface area contributed by atoms with Gasteiger partial charge < -0.3 is 49.8 Å². The SMILES string of the molecule is NC[C@@H](O)C1O[C@@H](OP(=O)([O-])[O-])C(O)[C@@H](O)[C@@H]1O.[Na+].[Na+]. The fourth-order valence-corrected chi connectivity index (χ4v) is 1.97. The summed E-state index contributed by atoms with van der Waals surface area (Å²) in [7, 11) is -5.47. The first-order valence-electron chi connectivity index (χ1n) is 4.95. The Morgan fingerprint density at radius 3 is 2.10 bits per heavy atom. The van der Waals surface area contributed by atoms with Crippen LogP contribution in [-0.4, -0.2) is 63.8 Å². The van der Waals surface area contributed by atoms with Crippen LogP contribution in [0.1, 0.15) is 0 Å². The Kier molecular flexibility index (Phi) is 11.9. The Morgan fingerprint density at radius 1 is 1.20 bits per heavy atom. The summed E-state index contributed by atoms with van der Waals surface area (Å²) in [4.78, 5) is 20.8. The van der Waals surface area contributed by atoms with Crippen molar-refractivity contribution in [2.75, 3.05) is 6.54 Å². The molecule has 0 amide bonds. The Labute approximate surface area is 159 Å². The van der Waals surface area contributed by atoms with E-state index in [0.717, 1.165) is 0 Å². The van der Waals surface area contributed by atoms with Crippen LogP contribution in [0, 0.1) is 0 Å². The van der Waals surface area contributed by atoms with Crippen molar-refractivity contribution in [1.82, 2.24) is 0 Å². The number of hydrogen-bond acceptors (Lipinski definition) is 10. The van der Waals surface area contributed by atoms with Crippen molar-refractivity contribution in [2.24, 2.45) is 5.73 Å². The van der Waals surface area contributed by atoms with Gasteiger partial charge in [-0.15, -0.1) is 0 Å². The van der Waals surface area contributed by atoms with E-state index in [4.69, 9.17) is 10.5 Å². The van der Waals surface area contributed by atoms with Crippen molar-refractivity contribution in [2.45, 2.75) is 36.8 Å². The standard InChI is InChI=1S/C7H16NO9P.2Na/c8-1-2(9)6-4(11)3(10)5(12)7(16-6)17-18(13,14)15;;/h2-7,9-12H,1,8H2,(H2,13,14,15);;/q;2*+1/p-2/t2-,3+,4+,5?,6?,7+;;/m1../s1. The zero-order valence-electron chi connectivity index (χ0n) is 11.0. The van der Waals surface area contributed by atoms with Gasteiger partial charge in [0.2, 0.25) is 0 Å². The summed E-state index contributed by atoms with van der Waals surface area (Å²) in [6, 6.07) is 0. The van der Waals surface area contributed by atoms with Gasteiger partial charge in [-0.05, 0) is 0 Å². The van der Waals surface area contributed by atoms with Crippen LogP contribution in [-0.2, 0) is 13.8 Å². The molecule has 0 aromatic rings. The van der Waals surface area contributed by atoms with Crippen molar-refractivity contribution < 1.29 is 103 Å². The third-order valence-corrected chi connectivity index (χ3v) is 2.93. The molecule has 13 heteroatoms. The molecule has 1 heterocycles. The Morgan fingerprint density at radius 2 is 1.70 bits per heavy atom. The Hall–Kier alpha value is 1.87. The molecule has 0 saturated carbocycles. The fourth-order valence-electron chi connectivity index (χ4n) is 1.54. The summed E-state index contributed by atoms with van der Waals surface area (Å²) >= 11 is 0. The molecule has 6 N–H and O–H groups in total. The number of phosphoric ester groups is 1. The monoisotopic (exact) mass is 333 g/mol. The van der Waals surface area contributed by atoms with Gasteiger partial charge in [-0.2, -0.15) is 0 Å². The van der Waals surface area contributed by atoms with Crippen molar-refractivity contribution in [1.29, 1.82) is 0 Å². The zero-order chi connectivity index (χ0) is 14.1. The maximum atomic E-state index is 10.4. The second-order valence-corrected chi connectivity index (χ2v) is 4.90. The number of aliphatic hydroxyl groups is 4. The third-order valence-electron chi connectivity index (χ3n) is 2.46. The van der Waals surface area contributed by atoms with E-state index in [2.05, 4.69) is 4.52 Å². The summed E-state index contributed by atoms with van der Waals surface area (Å²) in [5.41, 5.74) is 5.11. The van der Waals surface area contributed by atoms with Crippen molar-refractivity contribution >= 4 is 7.82 Å². The van der Waals surface area contributed by atoms with E-state index in [9.17, 15) is 34.8 Å². The molecule has 1 fully saturated rings. The van der Waals surface area contributed by atoms with Crippen LogP contribution >= 0.6 is 7.82 Å². The third kappa shape index (κ3) is 6.55. The molecule has 2 unspecified atom stereocenters. The second-order valence-electron chi connectivity index (χ2n) is 3.80. The first-order chi connectivity index (χ1) is 8.17. The van der Waals surface area contributed by atoms with Crippen molar-refractivity contribution in [3.63, 3.8) is 0 Å². The van der Waals surface area contributed by atoms with E-state index < -0.39 is 44.6 Å². The number of nitrogens with two attached hydrogens (primary N) is 1.